The average Bonchev–Trinajstić information content (AvgIpc) is 2.65. The second-order valence-corrected chi connectivity index (χ2v) is 5.87. The third-order valence-corrected chi connectivity index (χ3v) is 3.96. The molecule has 1 heterocycles. The summed E-state index contributed by atoms with van der Waals surface area (Å²) in [7, 11) is -2.14. The van der Waals surface area contributed by atoms with Crippen LogP contribution in [0, 0.1) is 0 Å². The van der Waals surface area contributed by atoms with Crippen LogP contribution in [-0.2, 0) is 23.6 Å². The zero-order valence-corrected chi connectivity index (χ0v) is 11.2. The van der Waals surface area contributed by atoms with E-state index in [9.17, 15) is 21.6 Å². The number of nitrogens with two attached hydrogens (primary N) is 1. The molecule has 1 rings (SSSR count). The van der Waals surface area contributed by atoms with E-state index in [1.807, 2.05) is 0 Å². The maximum Gasteiger partial charge on any atom is 0.389 e. The second kappa shape index (κ2) is 5.93. The van der Waals surface area contributed by atoms with Crippen LogP contribution in [0.1, 0.15) is 18.5 Å². The maximum absolute atomic E-state index is 11.9. The predicted molar refractivity (Wildman–Crippen MR) is 63.8 cm³/mol. The quantitative estimate of drug-likeness (QED) is 0.772. The van der Waals surface area contributed by atoms with Gasteiger partial charge in [-0.2, -0.15) is 13.2 Å². The van der Waals surface area contributed by atoms with Gasteiger partial charge in [-0.05, 0) is 12.5 Å². The molecule has 19 heavy (non-hydrogen) atoms. The first-order valence-corrected chi connectivity index (χ1v) is 7.06. The van der Waals surface area contributed by atoms with E-state index in [-0.39, 0.29) is 24.4 Å². The lowest BCUT2D eigenvalue weighted by molar-refractivity contribution is -0.135. The summed E-state index contributed by atoms with van der Waals surface area (Å²) in [6, 6.07) is 1.39. The van der Waals surface area contributed by atoms with Crippen molar-refractivity contribution in [1.29, 1.82) is 0 Å². The van der Waals surface area contributed by atoms with Crippen LogP contribution in [0.5, 0.6) is 0 Å². The van der Waals surface area contributed by atoms with Crippen molar-refractivity contribution in [1.82, 2.24) is 9.29 Å². The number of hydrogen-bond acceptors (Lipinski definition) is 3. The van der Waals surface area contributed by atoms with Crippen LogP contribution in [0.25, 0.3) is 0 Å². The molecule has 1 aromatic rings. The third kappa shape index (κ3) is 4.84. The third-order valence-electron chi connectivity index (χ3n) is 2.53. The molecule has 1 aromatic heterocycles. The van der Waals surface area contributed by atoms with Gasteiger partial charge in [0.25, 0.3) is 0 Å². The first-order chi connectivity index (χ1) is 8.65. The summed E-state index contributed by atoms with van der Waals surface area (Å²) in [5.74, 6) is 0. The summed E-state index contributed by atoms with van der Waals surface area (Å²) in [6.45, 7) is -0.0746. The molecule has 0 aliphatic rings. The minimum absolute atomic E-state index is 0.00228. The number of hydrogen-bond donors (Lipinski definition) is 2. The van der Waals surface area contributed by atoms with Crippen LogP contribution >= 0.6 is 0 Å². The highest BCUT2D eigenvalue weighted by Crippen LogP contribution is 2.21. The fourth-order valence-corrected chi connectivity index (χ4v) is 2.67. The number of aryl methyl sites for hydroxylation is 1. The van der Waals surface area contributed by atoms with Gasteiger partial charge in [0.1, 0.15) is 0 Å². The minimum Gasteiger partial charge on any atom is -0.352 e. The highest BCUT2D eigenvalue weighted by molar-refractivity contribution is 7.89. The topological polar surface area (TPSA) is 77.1 Å². The predicted octanol–water partition coefficient (Wildman–Crippen LogP) is 1.10. The van der Waals surface area contributed by atoms with Crippen molar-refractivity contribution in [3.05, 3.63) is 18.0 Å². The number of nitrogens with zero attached hydrogens (tertiary/aromatic N) is 1. The van der Waals surface area contributed by atoms with E-state index in [1.54, 1.807) is 11.6 Å². The summed E-state index contributed by atoms with van der Waals surface area (Å²) >= 11 is 0. The van der Waals surface area contributed by atoms with E-state index >= 15 is 0 Å². The lowest BCUT2D eigenvalue weighted by atomic mass is 10.3. The molecule has 0 radical (unpaired) electrons. The molecule has 110 valence electrons. The van der Waals surface area contributed by atoms with Crippen LogP contribution in [0.15, 0.2) is 17.2 Å². The van der Waals surface area contributed by atoms with Gasteiger partial charge in [0.05, 0.1) is 4.90 Å². The van der Waals surface area contributed by atoms with E-state index in [2.05, 4.69) is 4.72 Å². The Morgan fingerprint density at radius 2 is 2.05 bits per heavy atom. The Balaban J connectivity index is 2.61. The number of alkyl halides is 3. The van der Waals surface area contributed by atoms with Gasteiger partial charge in [-0.15, -0.1) is 0 Å². The van der Waals surface area contributed by atoms with Crippen molar-refractivity contribution in [2.45, 2.75) is 30.5 Å². The molecule has 0 aromatic carbocycles. The molecule has 5 nitrogen and oxygen atoms in total. The molecule has 0 amide bonds. The Morgan fingerprint density at radius 1 is 1.42 bits per heavy atom. The summed E-state index contributed by atoms with van der Waals surface area (Å²) in [6.07, 6.45) is -4.21. The van der Waals surface area contributed by atoms with Crippen molar-refractivity contribution < 1.29 is 21.6 Å². The molecule has 0 saturated heterocycles. The van der Waals surface area contributed by atoms with Crippen LogP contribution in [-0.4, -0.2) is 25.7 Å². The molecule has 0 unspecified atom stereocenters. The first kappa shape index (κ1) is 16.0. The Hall–Kier alpha value is -1.06. The number of halogens is 3. The standard InChI is InChI=1S/C10H16F3N3O2S/c1-16-7-9(5-8(16)6-14)19(17,18)15-4-2-3-10(11,12)13/h5,7,15H,2-4,6,14H2,1H3. The highest BCUT2D eigenvalue weighted by atomic mass is 32.2. The Morgan fingerprint density at radius 3 is 2.53 bits per heavy atom. The van der Waals surface area contributed by atoms with Crippen LogP contribution < -0.4 is 10.5 Å². The largest absolute Gasteiger partial charge is 0.389 e. The average molecular weight is 299 g/mol. The maximum atomic E-state index is 11.9. The molecule has 0 fully saturated rings. The van der Waals surface area contributed by atoms with Crippen molar-refractivity contribution in [3.63, 3.8) is 0 Å². The number of aromatic nitrogens is 1. The Kier molecular flexibility index (Phi) is 4.99. The molecular formula is C10H16F3N3O2S. The second-order valence-electron chi connectivity index (χ2n) is 4.10. The van der Waals surface area contributed by atoms with E-state index in [0.717, 1.165) is 0 Å². The van der Waals surface area contributed by atoms with Crippen LogP contribution in [0.2, 0.25) is 0 Å². The molecular weight excluding hydrogens is 283 g/mol. The van der Waals surface area contributed by atoms with E-state index in [1.165, 1.54) is 12.3 Å². The van der Waals surface area contributed by atoms with Gasteiger partial charge in [-0.3, -0.25) is 0 Å². The van der Waals surface area contributed by atoms with Gasteiger partial charge < -0.3 is 10.3 Å². The Labute approximate surface area is 109 Å². The molecule has 0 spiro atoms. The molecule has 3 N–H and O–H groups in total. The van der Waals surface area contributed by atoms with Gasteiger partial charge in [0, 0.05) is 38.4 Å². The fourth-order valence-electron chi connectivity index (χ4n) is 1.51. The number of nitrogens with one attached hydrogen (secondary N) is 1. The summed E-state index contributed by atoms with van der Waals surface area (Å²) in [5.41, 5.74) is 6.04. The first-order valence-electron chi connectivity index (χ1n) is 5.57. The van der Waals surface area contributed by atoms with Gasteiger partial charge in [-0.1, -0.05) is 0 Å². The van der Waals surface area contributed by atoms with Gasteiger partial charge in [0.2, 0.25) is 10.0 Å². The SMILES string of the molecule is Cn1cc(S(=O)(=O)NCCCC(F)(F)F)cc1CN. The van der Waals surface area contributed by atoms with E-state index in [0.29, 0.717) is 5.69 Å². The summed E-state index contributed by atoms with van der Waals surface area (Å²) in [4.78, 5) is 0.00228. The monoisotopic (exact) mass is 299 g/mol. The number of rotatable bonds is 6. The van der Waals surface area contributed by atoms with Gasteiger partial charge in [0.15, 0.2) is 0 Å². The molecule has 0 aliphatic carbocycles. The van der Waals surface area contributed by atoms with Crippen LogP contribution in [0.4, 0.5) is 13.2 Å². The molecule has 0 saturated carbocycles. The lowest BCUT2D eigenvalue weighted by Crippen LogP contribution is -2.25. The number of sulfonamides is 1. The molecule has 0 atom stereocenters. The normalized spacial score (nSPS) is 12.9. The van der Waals surface area contributed by atoms with Crippen molar-refractivity contribution in [2.75, 3.05) is 6.54 Å². The fraction of sp³-hybridized carbons (Fsp3) is 0.600. The van der Waals surface area contributed by atoms with E-state index < -0.39 is 22.6 Å². The smallest absolute Gasteiger partial charge is 0.352 e. The van der Waals surface area contributed by atoms with Crippen molar-refractivity contribution in [2.24, 2.45) is 12.8 Å². The zero-order valence-electron chi connectivity index (χ0n) is 10.4. The van der Waals surface area contributed by atoms with Gasteiger partial charge in [-0.25, -0.2) is 13.1 Å². The molecule has 0 aliphatic heterocycles. The molecule has 0 bridgehead atoms. The highest BCUT2D eigenvalue weighted by Gasteiger charge is 2.26. The van der Waals surface area contributed by atoms with Crippen molar-refractivity contribution >= 4 is 10.0 Å². The van der Waals surface area contributed by atoms with Crippen LogP contribution in [0.3, 0.4) is 0 Å². The Bertz CT molecular complexity index is 523. The minimum atomic E-state index is -4.27. The van der Waals surface area contributed by atoms with Gasteiger partial charge >= 0.3 is 6.18 Å². The van der Waals surface area contributed by atoms with Crippen molar-refractivity contribution in [3.8, 4) is 0 Å². The summed E-state index contributed by atoms with van der Waals surface area (Å²) < 4.78 is 63.0. The van der Waals surface area contributed by atoms with E-state index in [4.69, 9.17) is 5.73 Å². The molecule has 9 heteroatoms. The summed E-state index contributed by atoms with van der Waals surface area (Å²) in [5, 5.41) is 0. The zero-order chi connectivity index (χ0) is 14.7. The lowest BCUT2D eigenvalue weighted by Gasteiger charge is -2.07.